The molecule has 3 fully saturated rings. The van der Waals surface area contributed by atoms with Crippen LogP contribution < -0.4 is 15.1 Å². The molecule has 3 aliphatic heterocycles. The number of hydrogen-bond acceptors (Lipinski definition) is 8. The molecule has 1 unspecified atom stereocenters. The van der Waals surface area contributed by atoms with Crippen LogP contribution in [0.3, 0.4) is 0 Å². The topological polar surface area (TPSA) is 79.3 Å². The molecule has 0 spiro atoms. The van der Waals surface area contributed by atoms with Crippen molar-refractivity contribution in [1.82, 2.24) is 19.9 Å². The van der Waals surface area contributed by atoms with E-state index in [0.29, 0.717) is 5.92 Å². The number of anilines is 4. The summed E-state index contributed by atoms with van der Waals surface area (Å²) in [6, 6.07) is 4.06. The second-order valence-corrected chi connectivity index (χ2v) is 8.97. The molecule has 1 N–H and O–H groups in total. The minimum atomic E-state index is 0.385. The van der Waals surface area contributed by atoms with Crippen molar-refractivity contribution in [2.24, 2.45) is 0 Å². The highest BCUT2D eigenvalue weighted by Gasteiger charge is 2.25. The van der Waals surface area contributed by atoms with Crippen molar-refractivity contribution in [3.05, 3.63) is 36.3 Å². The van der Waals surface area contributed by atoms with E-state index in [9.17, 15) is 0 Å². The highest BCUT2D eigenvalue weighted by Crippen LogP contribution is 2.36. The quantitative estimate of drug-likeness (QED) is 0.652. The van der Waals surface area contributed by atoms with Crippen molar-refractivity contribution in [2.45, 2.75) is 38.0 Å². The number of rotatable bonds is 5. The zero-order valence-electron chi connectivity index (χ0n) is 18.3. The first-order valence-corrected chi connectivity index (χ1v) is 11.8. The largest absolute Gasteiger partial charge is 0.381 e. The summed E-state index contributed by atoms with van der Waals surface area (Å²) in [5.41, 5.74) is 1.25. The van der Waals surface area contributed by atoms with Gasteiger partial charge in [-0.3, -0.25) is 0 Å². The summed E-state index contributed by atoms with van der Waals surface area (Å²) in [6.07, 6.45) is 11.8. The first kappa shape index (κ1) is 19.7. The van der Waals surface area contributed by atoms with E-state index in [1.807, 2.05) is 18.5 Å². The first-order valence-electron chi connectivity index (χ1n) is 11.8. The van der Waals surface area contributed by atoms with Crippen molar-refractivity contribution in [3.8, 4) is 0 Å². The molecule has 0 bridgehead atoms. The molecule has 6 heterocycles. The van der Waals surface area contributed by atoms with Gasteiger partial charge in [-0.25, -0.2) is 15.0 Å². The number of fused-ring (bicyclic) bond motifs is 1. The average molecular weight is 432 g/mol. The summed E-state index contributed by atoms with van der Waals surface area (Å²) in [6.45, 7) is 5.75. The summed E-state index contributed by atoms with van der Waals surface area (Å²) in [5, 5.41) is 5.75. The number of hydrogen-bond donors (Lipinski definition) is 1. The van der Waals surface area contributed by atoms with Crippen molar-refractivity contribution < 1.29 is 4.74 Å². The van der Waals surface area contributed by atoms with E-state index in [1.54, 1.807) is 0 Å². The molecular formula is C24H29N7O. The predicted octanol–water partition coefficient (Wildman–Crippen LogP) is 3.87. The van der Waals surface area contributed by atoms with Gasteiger partial charge in [-0.1, -0.05) is 0 Å². The fourth-order valence-electron chi connectivity index (χ4n) is 4.89. The van der Waals surface area contributed by atoms with Crippen LogP contribution in [0.25, 0.3) is 10.8 Å². The Kier molecular flexibility index (Phi) is 5.23. The molecule has 3 aromatic heterocycles. The van der Waals surface area contributed by atoms with E-state index in [-0.39, 0.29) is 0 Å². The van der Waals surface area contributed by atoms with Crippen molar-refractivity contribution in [1.29, 1.82) is 0 Å². The van der Waals surface area contributed by atoms with Crippen LogP contribution in [0.1, 0.15) is 43.6 Å². The lowest BCUT2D eigenvalue weighted by Gasteiger charge is -2.33. The van der Waals surface area contributed by atoms with Gasteiger partial charge >= 0.3 is 0 Å². The lowest BCUT2D eigenvalue weighted by atomic mass is 9.95. The Labute approximate surface area is 188 Å². The normalized spacial score (nSPS) is 21.1. The molecule has 6 rings (SSSR count). The summed E-state index contributed by atoms with van der Waals surface area (Å²) in [5.74, 6) is 3.79. The molecule has 3 aromatic rings. The lowest BCUT2D eigenvalue weighted by molar-refractivity contribution is 0.194. The molecule has 166 valence electrons. The highest BCUT2D eigenvalue weighted by molar-refractivity contribution is 5.96. The second kappa shape index (κ2) is 8.50. The minimum absolute atomic E-state index is 0.385. The van der Waals surface area contributed by atoms with E-state index in [2.05, 4.69) is 32.4 Å². The Morgan fingerprint density at radius 3 is 2.53 bits per heavy atom. The summed E-state index contributed by atoms with van der Waals surface area (Å²) in [7, 11) is 0. The van der Waals surface area contributed by atoms with Crippen LogP contribution in [0.4, 0.5) is 23.4 Å². The fraction of sp³-hybridized carbons (Fsp3) is 0.500. The molecule has 8 nitrogen and oxygen atoms in total. The van der Waals surface area contributed by atoms with Gasteiger partial charge in [0.2, 0.25) is 5.95 Å². The smallest absolute Gasteiger partial charge is 0.227 e. The van der Waals surface area contributed by atoms with Crippen LogP contribution in [0, 0.1) is 0 Å². The third kappa shape index (κ3) is 3.72. The van der Waals surface area contributed by atoms with Crippen LogP contribution in [-0.4, -0.2) is 59.3 Å². The maximum absolute atomic E-state index is 5.68. The fourth-order valence-corrected chi connectivity index (χ4v) is 4.89. The van der Waals surface area contributed by atoms with E-state index < -0.39 is 0 Å². The second-order valence-electron chi connectivity index (χ2n) is 8.97. The standard InChI is InChI=1S/C24H29N7O/c1-2-8-31(9-3-1)24-25-7-5-21(29-24)28-22-13-18-19(17-6-12-32-16-17)14-27-23(20(18)15-26-22)30-10-4-11-30/h5,7,13-15,17H,1-4,6,8-12,16H2,(H,25,26,28,29). The first-order chi connectivity index (χ1) is 15.8. The molecule has 0 aliphatic carbocycles. The molecule has 0 saturated carbocycles. The Morgan fingerprint density at radius 1 is 0.875 bits per heavy atom. The predicted molar refractivity (Wildman–Crippen MR) is 126 cm³/mol. The van der Waals surface area contributed by atoms with E-state index in [1.165, 1.54) is 36.6 Å². The van der Waals surface area contributed by atoms with Gasteiger partial charge in [-0.15, -0.1) is 0 Å². The number of piperidine rings is 1. The molecule has 1 atom stereocenters. The monoisotopic (exact) mass is 431 g/mol. The van der Waals surface area contributed by atoms with Gasteiger partial charge in [0.25, 0.3) is 0 Å². The van der Waals surface area contributed by atoms with Gasteiger partial charge in [0.1, 0.15) is 17.5 Å². The molecule has 0 amide bonds. The van der Waals surface area contributed by atoms with Crippen LogP contribution >= 0.6 is 0 Å². The van der Waals surface area contributed by atoms with Gasteiger partial charge < -0.3 is 19.9 Å². The zero-order chi connectivity index (χ0) is 21.3. The number of nitrogens with one attached hydrogen (secondary N) is 1. The molecule has 32 heavy (non-hydrogen) atoms. The average Bonchev–Trinajstić information content (AvgIpc) is 3.33. The van der Waals surface area contributed by atoms with Crippen molar-refractivity contribution in [2.75, 3.05) is 54.5 Å². The van der Waals surface area contributed by atoms with Gasteiger partial charge in [0.15, 0.2) is 0 Å². The van der Waals surface area contributed by atoms with Crippen LogP contribution in [0.5, 0.6) is 0 Å². The maximum Gasteiger partial charge on any atom is 0.227 e. The molecular weight excluding hydrogens is 402 g/mol. The van der Waals surface area contributed by atoms with Crippen LogP contribution in [0.2, 0.25) is 0 Å². The Balaban J connectivity index is 1.34. The van der Waals surface area contributed by atoms with Crippen LogP contribution in [0.15, 0.2) is 30.7 Å². The Morgan fingerprint density at radius 2 is 1.75 bits per heavy atom. The maximum atomic E-state index is 5.68. The molecule has 3 saturated heterocycles. The van der Waals surface area contributed by atoms with Gasteiger partial charge in [0.05, 0.1) is 6.61 Å². The van der Waals surface area contributed by atoms with Gasteiger partial charge in [-0.05, 0) is 55.2 Å². The number of ether oxygens (including phenoxy) is 1. The molecule has 3 aliphatic rings. The third-order valence-corrected chi connectivity index (χ3v) is 6.84. The minimum Gasteiger partial charge on any atom is -0.381 e. The third-order valence-electron chi connectivity index (χ3n) is 6.84. The summed E-state index contributed by atoms with van der Waals surface area (Å²) in [4.78, 5) is 23.4. The zero-order valence-corrected chi connectivity index (χ0v) is 18.3. The lowest BCUT2D eigenvalue weighted by Crippen LogP contribution is -2.37. The van der Waals surface area contributed by atoms with Crippen molar-refractivity contribution >= 4 is 34.2 Å². The summed E-state index contributed by atoms with van der Waals surface area (Å²) >= 11 is 0. The van der Waals surface area contributed by atoms with Gasteiger partial charge in [-0.2, -0.15) is 4.98 Å². The van der Waals surface area contributed by atoms with E-state index >= 15 is 0 Å². The van der Waals surface area contributed by atoms with Gasteiger partial charge in [0, 0.05) is 62.7 Å². The molecule has 8 heteroatoms. The molecule has 0 aromatic carbocycles. The number of pyridine rings is 2. The Hall–Kier alpha value is -3.00. The Bertz CT molecular complexity index is 1100. The number of aromatic nitrogens is 4. The van der Waals surface area contributed by atoms with Crippen molar-refractivity contribution in [3.63, 3.8) is 0 Å². The van der Waals surface area contributed by atoms with Crippen LogP contribution in [-0.2, 0) is 4.74 Å². The van der Waals surface area contributed by atoms with E-state index in [4.69, 9.17) is 19.7 Å². The highest BCUT2D eigenvalue weighted by atomic mass is 16.5. The molecule has 0 radical (unpaired) electrons. The SMILES string of the molecule is c1cc(Nc2cc3c(C4CCOC4)cnc(N4CCC4)c3cn2)nc(N2CCCCC2)n1. The van der Waals surface area contributed by atoms with E-state index in [0.717, 1.165) is 74.6 Å². The number of nitrogens with zero attached hydrogens (tertiary/aromatic N) is 6. The summed E-state index contributed by atoms with van der Waals surface area (Å²) < 4.78 is 5.68.